The number of carboxylic acid groups (broad SMARTS) is 1. The van der Waals surface area contributed by atoms with Gasteiger partial charge in [0.05, 0.1) is 6.04 Å². The van der Waals surface area contributed by atoms with Crippen molar-refractivity contribution >= 4 is 35.6 Å². The highest BCUT2D eigenvalue weighted by atomic mass is 19.3. The highest BCUT2D eigenvalue weighted by Gasteiger charge is 2.52. The van der Waals surface area contributed by atoms with Crippen LogP contribution in [0.15, 0.2) is 60.7 Å². The quantitative estimate of drug-likeness (QED) is 0.230. The van der Waals surface area contributed by atoms with Crippen molar-refractivity contribution in [1.29, 1.82) is 0 Å². The predicted molar refractivity (Wildman–Crippen MR) is 156 cm³/mol. The fourth-order valence-electron chi connectivity index (χ4n) is 4.75. The van der Waals surface area contributed by atoms with Crippen molar-refractivity contribution in [3.8, 4) is 0 Å². The smallest absolute Gasteiger partial charge is 0.410 e. The number of hydrogen-bond acceptors (Lipinski definition) is 7. The number of carboxylic acids is 1. The number of amides is 4. The third-order valence-electron chi connectivity index (χ3n) is 7.15. The maximum absolute atomic E-state index is 15.4. The highest BCUT2D eigenvalue weighted by Crippen LogP contribution is 2.24. The number of nitrogens with one attached hydrogen (secondary N) is 3. The van der Waals surface area contributed by atoms with Crippen LogP contribution in [-0.4, -0.2) is 82.7 Å². The third-order valence-corrected chi connectivity index (χ3v) is 7.15. The van der Waals surface area contributed by atoms with E-state index in [1.54, 1.807) is 60.7 Å². The van der Waals surface area contributed by atoms with Crippen molar-refractivity contribution in [3.05, 3.63) is 71.8 Å². The summed E-state index contributed by atoms with van der Waals surface area (Å²) in [6, 6.07) is 12.3. The molecule has 3 rings (SSSR count). The van der Waals surface area contributed by atoms with Gasteiger partial charge >= 0.3 is 18.0 Å². The number of ketones is 1. The molecule has 0 radical (unpaired) electrons. The lowest BCUT2D eigenvalue weighted by atomic mass is 9.94. The summed E-state index contributed by atoms with van der Waals surface area (Å²) < 4.78 is 36.0. The van der Waals surface area contributed by atoms with Crippen LogP contribution in [0.1, 0.15) is 37.8 Å². The van der Waals surface area contributed by atoms with Crippen LogP contribution in [0.4, 0.5) is 13.6 Å². The number of nitrogens with zero attached hydrogens (tertiary/aromatic N) is 1. The van der Waals surface area contributed by atoms with Crippen LogP contribution in [0, 0.1) is 5.92 Å². The number of rotatable bonds is 14. The Bertz CT molecular complexity index is 1370. The van der Waals surface area contributed by atoms with Crippen molar-refractivity contribution in [2.24, 2.45) is 5.92 Å². The van der Waals surface area contributed by atoms with Crippen LogP contribution in [-0.2, 0) is 41.7 Å². The Morgan fingerprint density at radius 3 is 2.13 bits per heavy atom. The van der Waals surface area contributed by atoms with Gasteiger partial charge in [-0.2, -0.15) is 8.78 Å². The summed E-state index contributed by atoms with van der Waals surface area (Å²) in [6.07, 6.45) is -0.414. The molecule has 0 aromatic heterocycles. The number of benzene rings is 2. The van der Waals surface area contributed by atoms with E-state index in [1.165, 1.54) is 13.8 Å². The normalized spacial score (nSPS) is 15.9. The van der Waals surface area contributed by atoms with Gasteiger partial charge in [-0.1, -0.05) is 74.5 Å². The molecule has 3 atom stereocenters. The van der Waals surface area contributed by atoms with E-state index in [4.69, 9.17) is 9.84 Å². The van der Waals surface area contributed by atoms with Crippen LogP contribution < -0.4 is 16.0 Å². The minimum absolute atomic E-state index is 0.0431. The second-order valence-corrected chi connectivity index (χ2v) is 10.9. The molecule has 1 fully saturated rings. The number of carbonyl (C=O) groups excluding carboxylic acids is 5. The largest absolute Gasteiger partial charge is 0.480 e. The molecule has 1 heterocycles. The lowest BCUT2D eigenvalue weighted by Crippen LogP contribution is -2.60. The number of carbonyl (C=O) groups is 6. The van der Waals surface area contributed by atoms with Crippen LogP contribution in [0.3, 0.4) is 0 Å². The van der Waals surface area contributed by atoms with Crippen LogP contribution >= 0.6 is 0 Å². The van der Waals surface area contributed by atoms with Crippen LogP contribution in [0.2, 0.25) is 0 Å². The first-order valence-corrected chi connectivity index (χ1v) is 14.4. The van der Waals surface area contributed by atoms with Crippen molar-refractivity contribution in [2.75, 3.05) is 13.1 Å². The zero-order valence-electron chi connectivity index (χ0n) is 24.8. The van der Waals surface area contributed by atoms with E-state index >= 15 is 8.78 Å². The SMILES string of the molecule is CC(C)C(NC(=O)C1CCCN1C(=O)OCc1ccccc1)C(=O)C(F)(F)C(=O)N[C@@H](Cc1ccccc1)C(=O)NCC(=O)O. The van der Waals surface area contributed by atoms with Gasteiger partial charge in [-0.25, -0.2) is 4.79 Å². The molecule has 2 aromatic carbocycles. The van der Waals surface area contributed by atoms with E-state index in [2.05, 4.69) is 5.32 Å². The van der Waals surface area contributed by atoms with Crippen molar-refractivity contribution in [1.82, 2.24) is 20.9 Å². The third kappa shape index (κ3) is 9.55. The Morgan fingerprint density at radius 2 is 1.56 bits per heavy atom. The molecule has 1 saturated heterocycles. The van der Waals surface area contributed by atoms with Gasteiger partial charge in [0.1, 0.15) is 25.2 Å². The predicted octanol–water partition coefficient (Wildman–Crippen LogP) is 2.06. The van der Waals surface area contributed by atoms with E-state index in [1.807, 2.05) is 10.6 Å². The molecule has 4 N–H and O–H groups in total. The molecule has 0 aliphatic carbocycles. The molecule has 2 aromatic rings. The molecule has 1 aliphatic rings. The number of alkyl halides is 2. The Balaban J connectivity index is 1.70. The zero-order valence-corrected chi connectivity index (χ0v) is 24.8. The second-order valence-electron chi connectivity index (χ2n) is 10.9. The molecule has 0 spiro atoms. The van der Waals surface area contributed by atoms with Crippen LogP contribution in [0.25, 0.3) is 0 Å². The standard InChI is InChI=1S/C31H36F2N4O8/c1-19(2)25(36-28(42)23-14-9-15-37(23)30(44)45-18-21-12-7-4-8-13-21)26(40)31(32,33)29(43)35-22(27(41)34-17-24(38)39)16-20-10-5-3-6-11-20/h3-8,10-13,19,22-23,25H,9,14-18H2,1-2H3,(H,34,41)(H,35,43)(H,36,42)(H,38,39)/t22-,23?,25?/m0/s1. The first kappa shape index (κ1) is 34.6. The Labute approximate surface area is 258 Å². The Morgan fingerprint density at radius 1 is 0.956 bits per heavy atom. The van der Waals surface area contributed by atoms with Gasteiger partial charge in [-0.05, 0) is 29.9 Å². The molecule has 4 amide bonds. The van der Waals surface area contributed by atoms with Crippen molar-refractivity contribution in [2.45, 2.75) is 63.8 Å². The second kappa shape index (κ2) is 15.7. The van der Waals surface area contributed by atoms with E-state index in [9.17, 15) is 28.8 Å². The lowest BCUT2D eigenvalue weighted by molar-refractivity contribution is -0.162. The summed E-state index contributed by atoms with van der Waals surface area (Å²) in [6.45, 7) is 2.11. The van der Waals surface area contributed by atoms with Gasteiger partial charge in [0, 0.05) is 13.0 Å². The van der Waals surface area contributed by atoms with E-state index < -0.39 is 72.1 Å². The minimum Gasteiger partial charge on any atom is -0.480 e. The maximum atomic E-state index is 15.4. The summed E-state index contributed by atoms with van der Waals surface area (Å²) in [5.41, 5.74) is 1.20. The van der Waals surface area contributed by atoms with Gasteiger partial charge in [0.15, 0.2) is 0 Å². The molecule has 45 heavy (non-hydrogen) atoms. The fourth-order valence-corrected chi connectivity index (χ4v) is 4.75. The summed E-state index contributed by atoms with van der Waals surface area (Å²) in [7, 11) is 0. The summed E-state index contributed by atoms with van der Waals surface area (Å²) in [4.78, 5) is 76.5. The van der Waals surface area contributed by atoms with Crippen LogP contribution in [0.5, 0.6) is 0 Å². The van der Waals surface area contributed by atoms with Crippen molar-refractivity contribution < 1.29 is 47.4 Å². The lowest BCUT2D eigenvalue weighted by Gasteiger charge is -2.29. The molecular formula is C31H36F2N4O8. The number of halogens is 2. The average Bonchev–Trinajstić information content (AvgIpc) is 3.52. The molecule has 1 aliphatic heterocycles. The minimum atomic E-state index is -4.69. The molecule has 2 unspecified atom stereocenters. The van der Waals surface area contributed by atoms with Gasteiger partial charge in [-0.15, -0.1) is 0 Å². The fraction of sp³-hybridized carbons (Fsp3) is 0.419. The summed E-state index contributed by atoms with van der Waals surface area (Å²) in [5, 5.41) is 15.1. The van der Waals surface area contributed by atoms with Gasteiger partial charge in [0.2, 0.25) is 17.6 Å². The molecule has 0 bridgehead atoms. The Kier molecular flexibility index (Phi) is 12.1. The molecular weight excluding hydrogens is 594 g/mol. The number of hydrogen-bond donors (Lipinski definition) is 4. The summed E-state index contributed by atoms with van der Waals surface area (Å²) in [5.74, 6) is -12.9. The monoisotopic (exact) mass is 630 g/mol. The molecule has 12 nitrogen and oxygen atoms in total. The van der Waals surface area contributed by atoms with Gasteiger partial charge in [-0.3, -0.25) is 28.9 Å². The molecule has 0 saturated carbocycles. The Hall–Kier alpha value is -4.88. The number of aliphatic carboxylic acids is 1. The van der Waals surface area contributed by atoms with E-state index in [0.29, 0.717) is 12.0 Å². The average molecular weight is 631 g/mol. The first-order chi connectivity index (χ1) is 21.3. The van der Waals surface area contributed by atoms with Gasteiger partial charge < -0.3 is 25.8 Å². The summed E-state index contributed by atoms with van der Waals surface area (Å²) >= 11 is 0. The van der Waals surface area contributed by atoms with Gasteiger partial charge in [0.25, 0.3) is 5.91 Å². The maximum Gasteiger partial charge on any atom is 0.410 e. The highest BCUT2D eigenvalue weighted by molar-refractivity contribution is 6.11. The molecule has 14 heteroatoms. The number of ether oxygens (including phenoxy) is 1. The number of likely N-dealkylation sites (tertiary alicyclic amines) is 1. The number of Topliss-reactive ketones (excluding diaryl/α,β-unsaturated/α-hetero) is 1. The zero-order chi connectivity index (χ0) is 33.1. The van der Waals surface area contributed by atoms with Crippen molar-refractivity contribution in [3.63, 3.8) is 0 Å². The molecule has 242 valence electrons. The van der Waals surface area contributed by atoms with E-state index in [-0.39, 0.29) is 26.0 Å². The topological polar surface area (TPSA) is 171 Å². The first-order valence-electron chi connectivity index (χ1n) is 14.4. The van der Waals surface area contributed by atoms with E-state index in [0.717, 1.165) is 10.5 Å².